The zero-order valence-electron chi connectivity index (χ0n) is 16.9. The highest BCUT2D eigenvalue weighted by Gasteiger charge is 2.33. The molecule has 0 aliphatic carbocycles. The van der Waals surface area contributed by atoms with Crippen LogP contribution < -0.4 is 33.2 Å². The molecule has 0 saturated carbocycles. The Morgan fingerprint density at radius 1 is 0.719 bits per heavy atom. The van der Waals surface area contributed by atoms with Crippen LogP contribution in [0.5, 0.6) is 0 Å². The number of carbonyl (C=O) groups is 7. The van der Waals surface area contributed by atoms with Gasteiger partial charge < -0.3 is 48.5 Å². The number of rotatable bonds is 14. The molecule has 5 amide bonds. The van der Waals surface area contributed by atoms with Gasteiger partial charge in [0.15, 0.2) is 0 Å². The van der Waals surface area contributed by atoms with E-state index in [-0.39, 0.29) is 0 Å². The zero-order chi connectivity index (χ0) is 25.2. The first-order chi connectivity index (χ1) is 14.6. The van der Waals surface area contributed by atoms with Gasteiger partial charge in [-0.3, -0.25) is 28.8 Å². The van der Waals surface area contributed by atoms with Crippen LogP contribution in [0.15, 0.2) is 0 Å². The molecular weight excluding hydrogens is 436 g/mol. The van der Waals surface area contributed by atoms with E-state index in [0.717, 1.165) is 0 Å². The summed E-state index contributed by atoms with van der Waals surface area (Å²) in [5, 5.41) is 33.0. The maximum absolute atomic E-state index is 12.5. The van der Waals surface area contributed by atoms with Crippen molar-refractivity contribution in [1.82, 2.24) is 16.0 Å². The van der Waals surface area contributed by atoms with E-state index in [4.69, 9.17) is 27.4 Å². The lowest BCUT2D eigenvalue weighted by Crippen LogP contribution is -2.59. The molecule has 16 nitrogen and oxygen atoms in total. The van der Waals surface area contributed by atoms with Crippen LogP contribution in [0.2, 0.25) is 0 Å². The Hall–Kier alpha value is -3.79. The van der Waals surface area contributed by atoms with Crippen LogP contribution in [-0.4, -0.2) is 87.1 Å². The number of hydrogen-bond acceptors (Lipinski definition) is 9. The second-order valence-electron chi connectivity index (χ2n) is 6.73. The van der Waals surface area contributed by atoms with E-state index < -0.39 is 91.0 Å². The van der Waals surface area contributed by atoms with Gasteiger partial charge >= 0.3 is 11.9 Å². The summed E-state index contributed by atoms with van der Waals surface area (Å²) in [6.07, 6.45) is -3.91. The molecule has 0 saturated heterocycles. The summed E-state index contributed by atoms with van der Waals surface area (Å²) < 4.78 is 0. The van der Waals surface area contributed by atoms with Crippen molar-refractivity contribution in [2.45, 2.75) is 56.5 Å². The van der Waals surface area contributed by atoms with Crippen LogP contribution >= 0.6 is 0 Å². The number of nitrogens with one attached hydrogen (secondary N) is 3. The molecule has 12 N–H and O–H groups in total. The topological polar surface area (TPSA) is 294 Å². The van der Waals surface area contributed by atoms with Gasteiger partial charge in [-0.15, -0.1) is 0 Å². The van der Waals surface area contributed by atoms with Crippen molar-refractivity contribution in [2.24, 2.45) is 17.2 Å². The lowest BCUT2D eigenvalue weighted by molar-refractivity contribution is -0.147. The first-order valence-corrected chi connectivity index (χ1v) is 9.01. The van der Waals surface area contributed by atoms with Crippen LogP contribution in [0, 0.1) is 0 Å². The summed E-state index contributed by atoms with van der Waals surface area (Å²) in [5.41, 5.74) is 15.5. The van der Waals surface area contributed by atoms with Crippen molar-refractivity contribution in [3.05, 3.63) is 0 Å². The number of amides is 5. The summed E-state index contributed by atoms with van der Waals surface area (Å²) in [6.45, 7) is 1.19. The fourth-order valence-corrected chi connectivity index (χ4v) is 2.23. The number of hydrogen-bond donors (Lipinski definition) is 9. The lowest BCUT2D eigenvalue weighted by Gasteiger charge is -2.24. The van der Waals surface area contributed by atoms with E-state index in [0.29, 0.717) is 0 Å². The number of carboxylic acids is 2. The molecule has 0 aliphatic heterocycles. The Balaban J connectivity index is 5.58. The maximum atomic E-state index is 12.5. The standard InChI is InChI=1S/C16H26N6O10/c1-5(23)12(19)15(30)21-7(3-10(18)25)13(28)20-6(2-9(17)24)14(29)22-8(16(31)32)4-11(26)27/h5-8,12,23H,2-4,19H2,1H3,(H2,17,24)(H2,18,25)(H,20,28)(H,21,30)(H,22,29)(H,26,27)(H,31,32). The minimum absolute atomic E-state index is 0.758. The third-order valence-corrected chi connectivity index (χ3v) is 3.89. The minimum Gasteiger partial charge on any atom is -0.481 e. The van der Waals surface area contributed by atoms with Gasteiger partial charge in [0, 0.05) is 0 Å². The number of nitrogens with two attached hydrogens (primary N) is 3. The number of primary amides is 2. The molecule has 0 bridgehead atoms. The average Bonchev–Trinajstić information content (AvgIpc) is 2.64. The summed E-state index contributed by atoms with van der Waals surface area (Å²) in [7, 11) is 0. The SMILES string of the molecule is CC(O)C(N)C(=O)NC(CC(N)=O)C(=O)NC(CC(N)=O)C(=O)NC(CC(=O)O)C(=O)O. The number of carbonyl (C=O) groups excluding carboxylic acids is 5. The third kappa shape index (κ3) is 10.3. The molecule has 0 spiro atoms. The Morgan fingerprint density at radius 3 is 1.41 bits per heavy atom. The molecule has 5 unspecified atom stereocenters. The van der Waals surface area contributed by atoms with Gasteiger partial charge in [-0.05, 0) is 6.92 Å². The Bertz CT molecular complexity index is 770. The van der Waals surface area contributed by atoms with Gasteiger partial charge in [-0.1, -0.05) is 0 Å². The van der Waals surface area contributed by atoms with Crippen molar-refractivity contribution < 1.29 is 48.9 Å². The second kappa shape index (κ2) is 12.8. The van der Waals surface area contributed by atoms with Crippen molar-refractivity contribution in [3.8, 4) is 0 Å². The number of aliphatic carboxylic acids is 2. The third-order valence-electron chi connectivity index (χ3n) is 3.89. The molecule has 0 aromatic rings. The molecule has 32 heavy (non-hydrogen) atoms. The van der Waals surface area contributed by atoms with Crippen LogP contribution in [0.3, 0.4) is 0 Å². The second-order valence-corrected chi connectivity index (χ2v) is 6.73. The van der Waals surface area contributed by atoms with Crippen molar-refractivity contribution in [2.75, 3.05) is 0 Å². The van der Waals surface area contributed by atoms with Crippen LogP contribution in [0.4, 0.5) is 0 Å². The Labute approximate surface area is 180 Å². The van der Waals surface area contributed by atoms with Crippen molar-refractivity contribution in [3.63, 3.8) is 0 Å². The van der Waals surface area contributed by atoms with Crippen LogP contribution in [0.25, 0.3) is 0 Å². The summed E-state index contributed by atoms with van der Waals surface area (Å²) in [4.78, 5) is 81.3. The molecule has 5 atom stereocenters. The van der Waals surface area contributed by atoms with Crippen molar-refractivity contribution >= 4 is 41.5 Å². The zero-order valence-corrected chi connectivity index (χ0v) is 16.9. The molecule has 180 valence electrons. The number of carboxylic acid groups (broad SMARTS) is 2. The molecular formula is C16H26N6O10. The van der Waals surface area contributed by atoms with E-state index in [9.17, 15) is 38.7 Å². The lowest BCUT2D eigenvalue weighted by atomic mass is 10.1. The first kappa shape index (κ1) is 28.2. The molecule has 16 heteroatoms. The maximum Gasteiger partial charge on any atom is 0.326 e. The summed E-state index contributed by atoms with van der Waals surface area (Å²) in [6, 6.07) is -6.83. The number of aliphatic hydroxyl groups is 1. The van der Waals surface area contributed by atoms with Gasteiger partial charge in [-0.25, -0.2) is 4.79 Å². The smallest absolute Gasteiger partial charge is 0.326 e. The van der Waals surface area contributed by atoms with Gasteiger partial charge in [0.05, 0.1) is 25.4 Å². The summed E-state index contributed by atoms with van der Waals surface area (Å²) in [5.74, 6) is -8.88. The molecule has 0 aliphatic rings. The van der Waals surface area contributed by atoms with E-state index >= 15 is 0 Å². The largest absolute Gasteiger partial charge is 0.481 e. The quantitative estimate of drug-likeness (QED) is 0.117. The number of aliphatic hydroxyl groups excluding tert-OH is 1. The van der Waals surface area contributed by atoms with E-state index in [1.165, 1.54) is 6.92 Å². The highest BCUT2D eigenvalue weighted by Crippen LogP contribution is 2.01. The minimum atomic E-state index is -1.89. The van der Waals surface area contributed by atoms with Crippen molar-refractivity contribution in [1.29, 1.82) is 0 Å². The molecule has 0 rings (SSSR count). The highest BCUT2D eigenvalue weighted by molar-refractivity contribution is 5.98. The van der Waals surface area contributed by atoms with E-state index in [1.807, 2.05) is 10.6 Å². The highest BCUT2D eigenvalue weighted by atomic mass is 16.4. The Morgan fingerprint density at radius 2 is 1.09 bits per heavy atom. The first-order valence-electron chi connectivity index (χ1n) is 9.01. The Kier molecular flexibility index (Phi) is 11.3. The normalized spacial score (nSPS) is 15.2. The molecule has 0 fully saturated rings. The summed E-state index contributed by atoms with van der Waals surface area (Å²) >= 11 is 0. The predicted octanol–water partition coefficient (Wildman–Crippen LogP) is -5.54. The van der Waals surface area contributed by atoms with Crippen LogP contribution in [0.1, 0.15) is 26.2 Å². The molecule has 0 radical (unpaired) electrons. The van der Waals surface area contributed by atoms with Gasteiger partial charge in [-0.2, -0.15) is 0 Å². The molecule has 0 aromatic heterocycles. The van der Waals surface area contributed by atoms with Gasteiger partial charge in [0.1, 0.15) is 24.2 Å². The fraction of sp³-hybridized carbons (Fsp3) is 0.562. The average molecular weight is 462 g/mol. The fourth-order valence-electron chi connectivity index (χ4n) is 2.23. The van der Waals surface area contributed by atoms with E-state index in [1.54, 1.807) is 0 Å². The predicted molar refractivity (Wildman–Crippen MR) is 103 cm³/mol. The van der Waals surface area contributed by atoms with E-state index in [2.05, 4.69) is 5.32 Å². The van der Waals surface area contributed by atoms with Gasteiger partial charge in [0.25, 0.3) is 0 Å². The van der Waals surface area contributed by atoms with Gasteiger partial charge in [0.2, 0.25) is 29.5 Å². The van der Waals surface area contributed by atoms with Crippen LogP contribution in [-0.2, 0) is 33.6 Å². The monoisotopic (exact) mass is 462 g/mol. The molecule has 0 heterocycles. The molecule has 0 aromatic carbocycles.